The first kappa shape index (κ1) is 19.4. The number of nitrogens with zero attached hydrogens (tertiary/aromatic N) is 3. The number of ether oxygens (including phenoxy) is 1. The molecule has 6 nitrogen and oxygen atoms in total. The second-order valence-corrected chi connectivity index (χ2v) is 6.77. The quantitative estimate of drug-likeness (QED) is 0.527. The van der Waals surface area contributed by atoms with Gasteiger partial charge in [0, 0.05) is 24.4 Å². The van der Waals surface area contributed by atoms with Crippen LogP contribution < -0.4 is 10.2 Å². The third kappa shape index (κ3) is 4.85. The van der Waals surface area contributed by atoms with Crippen molar-refractivity contribution in [2.45, 2.75) is 27.4 Å². The SMILES string of the molecule is Cc1ccc(OCc2ccc(C(=O)NN=Cc3cn(C)nc3C)cc2)cc1C. The van der Waals surface area contributed by atoms with E-state index in [4.69, 9.17) is 4.74 Å². The fraction of sp³-hybridized carbons (Fsp3) is 0.227. The van der Waals surface area contributed by atoms with Gasteiger partial charge in [0.25, 0.3) is 5.91 Å². The molecule has 0 bridgehead atoms. The van der Waals surface area contributed by atoms with E-state index in [-0.39, 0.29) is 5.91 Å². The topological polar surface area (TPSA) is 68.5 Å². The highest BCUT2D eigenvalue weighted by atomic mass is 16.5. The van der Waals surface area contributed by atoms with Gasteiger partial charge in [-0.1, -0.05) is 18.2 Å². The number of hydrogen-bond donors (Lipinski definition) is 1. The van der Waals surface area contributed by atoms with Crippen molar-refractivity contribution in [2.75, 3.05) is 0 Å². The predicted molar refractivity (Wildman–Crippen MR) is 110 cm³/mol. The Morgan fingerprint density at radius 3 is 2.54 bits per heavy atom. The van der Waals surface area contributed by atoms with Crippen molar-refractivity contribution >= 4 is 12.1 Å². The molecule has 0 atom stereocenters. The summed E-state index contributed by atoms with van der Waals surface area (Å²) in [5.74, 6) is 0.573. The minimum absolute atomic E-state index is 0.264. The molecule has 2 aromatic carbocycles. The maximum atomic E-state index is 12.2. The molecule has 0 spiro atoms. The summed E-state index contributed by atoms with van der Waals surface area (Å²) in [7, 11) is 1.84. The summed E-state index contributed by atoms with van der Waals surface area (Å²) in [4.78, 5) is 12.2. The van der Waals surface area contributed by atoms with E-state index in [1.165, 1.54) is 11.1 Å². The zero-order valence-electron chi connectivity index (χ0n) is 16.6. The number of benzene rings is 2. The lowest BCUT2D eigenvalue weighted by atomic mass is 10.1. The molecule has 0 radical (unpaired) electrons. The van der Waals surface area contributed by atoms with Crippen LogP contribution in [0.4, 0.5) is 0 Å². The Hall–Kier alpha value is -3.41. The van der Waals surface area contributed by atoms with E-state index in [0.29, 0.717) is 12.2 Å². The minimum atomic E-state index is -0.264. The summed E-state index contributed by atoms with van der Waals surface area (Å²) >= 11 is 0. The second kappa shape index (κ2) is 8.52. The molecule has 0 aliphatic carbocycles. The van der Waals surface area contributed by atoms with Gasteiger partial charge >= 0.3 is 0 Å². The maximum Gasteiger partial charge on any atom is 0.271 e. The molecule has 0 fully saturated rings. The molecule has 0 saturated heterocycles. The summed E-state index contributed by atoms with van der Waals surface area (Å²) in [5.41, 5.74) is 8.22. The maximum absolute atomic E-state index is 12.2. The Bertz CT molecular complexity index is 1000. The number of aromatic nitrogens is 2. The average molecular weight is 376 g/mol. The lowest BCUT2D eigenvalue weighted by molar-refractivity contribution is 0.0955. The van der Waals surface area contributed by atoms with Gasteiger partial charge < -0.3 is 4.74 Å². The molecule has 0 aliphatic heterocycles. The van der Waals surface area contributed by atoms with Gasteiger partial charge in [-0.25, -0.2) is 5.43 Å². The van der Waals surface area contributed by atoms with Crippen LogP contribution in [-0.4, -0.2) is 21.9 Å². The lowest BCUT2D eigenvalue weighted by Crippen LogP contribution is -2.17. The third-order valence-corrected chi connectivity index (χ3v) is 4.52. The highest BCUT2D eigenvalue weighted by Crippen LogP contribution is 2.18. The van der Waals surface area contributed by atoms with Crippen LogP contribution in [-0.2, 0) is 13.7 Å². The van der Waals surface area contributed by atoms with Crippen molar-refractivity contribution in [3.8, 4) is 5.75 Å². The first-order chi connectivity index (χ1) is 13.4. The van der Waals surface area contributed by atoms with E-state index in [1.54, 1.807) is 23.0 Å². The molecule has 1 aromatic heterocycles. The van der Waals surface area contributed by atoms with E-state index in [2.05, 4.69) is 29.5 Å². The molecule has 6 heteroatoms. The number of hydrogen-bond acceptors (Lipinski definition) is 4. The van der Waals surface area contributed by atoms with E-state index in [1.807, 2.05) is 50.5 Å². The average Bonchev–Trinajstić information content (AvgIpc) is 3.00. The van der Waals surface area contributed by atoms with Crippen LogP contribution in [0.1, 0.15) is 38.3 Å². The molecule has 144 valence electrons. The van der Waals surface area contributed by atoms with Crippen molar-refractivity contribution in [1.82, 2.24) is 15.2 Å². The molecule has 0 saturated carbocycles. The van der Waals surface area contributed by atoms with Crippen LogP contribution in [0.25, 0.3) is 0 Å². The van der Waals surface area contributed by atoms with Crippen LogP contribution >= 0.6 is 0 Å². The number of carbonyl (C=O) groups is 1. The Labute approximate surface area is 164 Å². The summed E-state index contributed by atoms with van der Waals surface area (Å²) < 4.78 is 7.53. The number of hydrazone groups is 1. The van der Waals surface area contributed by atoms with Gasteiger partial charge in [0.2, 0.25) is 0 Å². The fourth-order valence-corrected chi connectivity index (χ4v) is 2.69. The van der Waals surface area contributed by atoms with Gasteiger partial charge in [0.05, 0.1) is 11.9 Å². The Morgan fingerprint density at radius 1 is 1.14 bits per heavy atom. The number of carbonyl (C=O) groups excluding carboxylic acids is 1. The number of aryl methyl sites for hydroxylation is 4. The zero-order chi connectivity index (χ0) is 20.1. The first-order valence-electron chi connectivity index (χ1n) is 9.05. The highest BCUT2D eigenvalue weighted by Gasteiger charge is 2.05. The summed E-state index contributed by atoms with van der Waals surface area (Å²) in [6, 6.07) is 13.3. The molecule has 3 rings (SSSR count). The first-order valence-corrected chi connectivity index (χ1v) is 9.05. The third-order valence-electron chi connectivity index (χ3n) is 4.52. The van der Waals surface area contributed by atoms with Gasteiger partial charge in [-0.05, 0) is 61.7 Å². The van der Waals surface area contributed by atoms with Crippen LogP contribution in [0, 0.1) is 20.8 Å². The standard InChI is InChI=1S/C22H24N4O2/c1-15-5-10-21(11-16(15)2)28-14-18-6-8-19(9-7-18)22(27)24-23-12-20-13-26(4)25-17(20)3/h5-13H,14H2,1-4H3,(H,24,27). The summed E-state index contributed by atoms with van der Waals surface area (Å²) in [5, 5.41) is 8.23. The monoisotopic (exact) mass is 376 g/mol. The van der Waals surface area contributed by atoms with E-state index >= 15 is 0 Å². The molecule has 1 heterocycles. The van der Waals surface area contributed by atoms with Gasteiger partial charge in [-0.15, -0.1) is 0 Å². The van der Waals surface area contributed by atoms with E-state index < -0.39 is 0 Å². The normalized spacial score (nSPS) is 11.0. The Kier molecular flexibility index (Phi) is 5.89. The van der Waals surface area contributed by atoms with Gasteiger partial charge in [0.15, 0.2) is 0 Å². The Morgan fingerprint density at radius 2 is 1.89 bits per heavy atom. The molecule has 1 amide bonds. The largest absolute Gasteiger partial charge is 0.489 e. The van der Waals surface area contributed by atoms with Gasteiger partial charge in [-0.3, -0.25) is 9.48 Å². The van der Waals surface area contributed by atoms with Crippen LogP contribution in [0.2, 0.25) is 0 Å². The van der Waals surface area contributed by atoms with Crippen molar-refractivity contribution in [3.05, 3.63) is 82.2 Å². The fourth-order valence-electron chi connectivity index (χ4n) is 2.69. The van der Waals surface area contributed by atoms with Crippen molar-refractivity contribution in [2.24, 2.45) is 12.1 Å². The van der Waals surface area contributed by atoms with Crippen LogP contribution in [0.15, 0.2) is 53.8 Å². The Balaban J connectivity index is 1.55. The number of rotatable bonds is 6. The van der Waals surface area contributed by atoms with E-state index in [9.17, 15) is 4.79 Å². The second-order valence-electron chi connectivity index (χ2n) is 6.77. The van der Waals surface area contributed by atoms with Crippen molar-refractivity contribution < 1.29 is 9.53 Å². The molecule has 0 aliphatic rings. The number of amides is 1. The smallest absolute Gasteiger partial charge is 0.271 e. The molecular formula is C22H24N4O2. The lowest BCUT2D eigenvalue weighted by Gasteiger charge is -2.09. The van der Waals surface area contributed by atoms with Crippen molar-refractivity contribution in [1.29, 1.82) is 0 Å². The number of nitrogens with one attached hydrogen (secondary N) is 1. The predicted octanol–water partition coefficient (Wildman–Crippen LogP) is 3.69. The molecule has 0 unspecified atom stereocenters. The van der Waals surface area contributed by atoms with Gasteiger partial charge in [0.1, 0.15) is 12.4 Å². The van der Waals surface area contributed by atoms with Crippen molar-refractivity contribution in [3.63, 3.8) is 0 Å². The highest BCUT2D eigenvalue weighted by molar-refractivity contribution is 5.94. The zero-order valence-corrected chi connectivity index (χ0v) is 16.6. The minimum Gasteiger partial charge on any atom is -0.489 e. The van der Waals surface area contributed by atoms with Crippen LogP contribution in [0.3, 0.4) is 0 Å². The summed E-state index contributed by atoms with van der Waals surface area (Å²) in [6.07, 6.45) is 3.43. The molecule has 3 aromatic rings. The molecule has 1 N–H and O–H groups in total. The molecule has 28 heavy (non-hydrogen) atoms. The van der Waals surface area contributed by atoms with E-state index in [0.717, 1.165) is 22.6 Å². The van der Waals surface area contributed by atoms with Crippen LogP contribution in [0.5, 0.6) is 5.75 Å². The summed E-state index contributed by atoms with van der Waals surface area (Å²) in [6.45, 7) is 6.48. The molecular weight excluding hydrogens is 352 g/mol. The van der Waals surface area contributed by atoms with Gasteiger partial charge in [-0.2, -0.15) is 10.2 Å².